The fraction of sp³-hybridized carbons (Fsp3) is 0.367. The number of imidazole rings is 1. The SMILES string of the molecule is CC(C)c1ccc(OCCCn2c(COc3ccc(C(C)(C)C)cc3)nc3ccccc32)cc1. The van der Waals surface area contributed by atoms with Gasteiger partial charge in [0.15, 0.2) is 0 Å². The van der Waals surface area contributed by atoms with Gasteiger partial charge in [-0.25, -0.2) is 4.98 Å². The molecular formula is C30H36N2O2. The van der Waals surface area contributed by atoms with Gasteiger partial charge in [-0.05, 0) is 65.3 Å². The van der Waals surface area contributed by atoms with Gasteiger partial charge < -0.3 is 14.0 Å². The molecule has 4 rings (SSSR count). The molecular weight excluding hydrogens is 420 g/mol. The molecule has 178 valence electrons. The molecule has 0 bridgehead atoms. The van der Waals surface area contributed by atoms with Gasteiger partial charge in [-0.3, -0.25) is 0 Å². The van der Waals surface area contributed by atoms with E-state index in [1.807, 2.05) is 18.2 Å². The Balaban J connectivity index is 1.40. The van der Waals surface area contributed by atoms with E-state index < -0.39 is 0 Å². The van der Waals surface area contributed by atoms with Crippen LogP contribution in [0.5, 0.6) is 11.5 Å². The Hall–Kier alpha value is -3.27. The van der Waals surface area contributed by atoms with Gasteiger partial charge in [-0.1, -0.05) is 71.0 Å². The molecule has 0 atom stereocenters. The second kappa shape index (κ2) is 10.3. The molecule has 4 nitrogen and oxygen atoms in total. The van der Waals surface area contributed by atoms with Crippen LogP contribution in [0.3, 0.4) is 0 Å². The van der Waals surface area contributed by atoms with E-state index in [0.29, 0.717) is 19.1 Å². The van der Waals surface area contributed by atoms with Crippen molar-refractivity contribution in [2.45, 2.75) is 65.5 Å². The number of aryl methyl sites for hydroxylation is 1. The molecule has 0 amide bonds. The average Bonchev–Trinajstić information content (AvgIpc) is 3.18. The lowest BCUT2D eigenvalue weighted by Crippen LogP contribution is -2.11. The Morgan fingerprint density at radius 1 is 0.824 bits per heavy atom. The standard InChI is InChI=1S/C30H36N2O2/c1-22(2)23-11-15-25(16-12-23)33-20-8-19-32-28-10-7-6-9-27(28)31-29(32)21-34-26-17-13-24(14-18-26)30(3,4)5/h6-7,9-18,22H,8,19-21H2,1-5H3. The van der Waals surface area contributed by atoms with Crippen molar-refractivity contribution in [3.8, 4) is 11.5 Å². The molecule has 0 spiro atoms. The lowest BCUT2D eigenvalue weighted by molar-refractivity contribution is 0.280. The molecule has 34 heavy (non-hydrogen) atoms. The van der Waals surface area contributed by atoms with E-state index in [2.05, 4.69) is 93.8 Å². The summed E-state index contributed by atoms with van der Waals surface area (Å²) in [5.74, 6) is 3.24. The van der Waals surface area contributed by atoms with Crippen molar-refractivity contribution in [3.63, 3.8) is 0 Å². The molecule has 3 aromatic carbocycles. The summed E-state index contributed by atoms with van der Waals surface area (Å²) in [5, 5.41) is 0. The van der Waals surface area contributed by atoms with Gasteiger partial charge in [0.1, 0.15) is 23.9 Å². The van der Waals surface area contributed by atoms with Crippen molar-refractivity contribution in [2.75, 3.05) is 6.61 Å². The lowest BCUT2D eigenvalue weighted by atomic mass is 9.87. The van der Waals surface area contributed by atoms with Crippen molar-refractivity contribution in [2.24, 2.45) is 0 Å². The third-order valence-electron chi connectivity index (χ3n) is 6.16. The highest BCUT2D eigenvalue weighted by molar-refractivity contribution is 5.75. The molecule has 1 heterocycles. The summed E-state index contributed by atoms with van der Waals surface area (Å²) in [6.07, 6.45) is 0.888. The summed E-state index contributed by atoms with van der Waals surface area (Å²) < 4.78 is 14.4. The fourth-order valence-corrected chi connectivity index (χ4v) is 4.05. The fourth-order valence-electron chi connectivity index (χ4n) is 4.05. The van der Waals surface area contributed by atoms with E-state index in [9.17, 15) is 0 Å². The molecule has 0 unspecified atom stereocenters. The maximum absolute atomic E-state index is 6.12. The average molecular weight is 457 g/mol. The molecule has 0 N–H and O–H groups in total. The Morgan fingerprint density at radius 2 is 1.47 bits per heavy atom. The Morgan fingerprint density at radius 3 is 2.15 bits per heavy atom. The molecule has 0 aliphatic rings. The van der Waals surface area contributed by atoms with Gasteiger partial charge in [0.05, 0.1) is 17.6 Å². The van der Waals surface area contributed by atoms with E-state index in [0.717, 1.165) is 41.3 Å². The number of hydrogen-bond donors (Lipinski definition) is 0. The van der Waals surface area contributed by atoms with Gasteiger partial charge >= 0.3 is 0 Å². The molecule has 0 aliphatic carbocycles. The van der Waals surface area contributed by atoms with E-state index in [-0.39, 0.29) is 5.41 Å². The van der Waals surface area contributed by atoms with Gasteiger partial charge in [-0.15, -0.1) is 0 Å². The lowest BCUT2D eigenvalue weighted by Gasteiger charge is -2.19. The summed E-state index contributed by atoms with van der Waals surface area (Å²) in [4.78, 5) is 4.84. The number of aromatic nitrogens is 2. The highest BCUT2D eigenvalue weighted by Gasteiger charge is 2.14. The molecule has 0 saturated carbocycles. The van der Waals surface area contributed by atoms with Crippen LogP contribution >= 0.6 is 0 Å². The quantitative estimate of drug-likeness (QED) is 0.245. The van der Waals surface area contributed by atoms with Crippen molar-refractivity contribution in [3.05, 3.63) is 89.7 Å². The maximum atomic E-state index is 6.12. The van der Waals surface area contributed by atoms with E-state index in [1.54, 1.807) is 0 Å². The predicted octanol–water partition coefficient (Wildman–Crippen LogP) is 7.51. The highest BCUT2D eigenvalue weighted by atomic mass is 16.5. The molecule has 4 aromatic rings. The van der Waals surface area contributed by atoms with E-state index >= 15 is 0 Å². The van der Waals surface area contributed by atoms with Crippen LogP contribution < -0.4 is 9.47 Å². The van der Waals surface area contributed by atoms with Crippen LogP contribution in [-0.4, -0.2) is 16.2 Å². The van der Waals surface area contributed by atoms with Crippen LogP contribution in [0, 0.1) is 0 Å². The second-order valence-electron chi connectivity index (χ2n) is 10.2. The Bertz CT molecular complexity index is 1200. The van der Waals surface area contributed by atoms with Crippen molar-refractivity contribution < 1.29 is 9.47 Å². The van der Waals surface area contributed by atoms with Crippen LogP contribution in [0.15, 0.2) is 72.8 Å². The summed E-state index contributed by atoms with van der Waals surface area (Å²) in [6, 6.07) is 25.1. The minimum atomic E-state index is 0.130. The Kier molecular flexibility index (Phi) is 7.26. The number of rotatable bonds is 9. The predicted molar refractivity (Wildman–Crippen MR) is 140 cm³/mol. The molecule has 0 fully saturated rings. The normalized spacial score (nSPS) is 11.8. The number of para-hydroxylation sites is 2. The van der Waals surface area contributed by atoms with Crippen molar-refractivity contribution in [1.82, 2.24) is 9.55 Å². The van der Waals surface area contributed by atoms with Crippen LogP contribution in [0.1, 0.15) is 63.9 Å². The minimum absolute atomic E-state index is 0.130. The van der Waals surface area contributed by atoms with Crippen LogP contribution in [0.4, 0.5) is 0 Å². The monoisotopic (exact) mass is 456 g/mol. The first-order valence-electron chi connectivity index (χ1n) is 12.2. The van der Waals surface area contributed by atoms with Crippen molar-refractivity contribution >= 4 is 11.0 Å². The first kappa shape index (κ1) is 23.9. The van der Waals surface area contributed by atoms with Gasteiger partial charge in [0.2, 0.25) is 0 Å². The van der Waals surface area contributed by atoms with E-state index in [1.165, 1.54) is 11.1 Å². The summed E-state index contributed by atoms with van der Waals surface area (Å²) in [6.45, 7) is 13.0. The molecule has 1 aromatic heterocycles. The zero-order valence-corrected chi connectivity index (χ0v) is 21.0. The largest absolute Gasteiger partial charge is 0.494 e. The molecule has 0 radical (unpaired) electrons. The third kappa shape index (κ3) is 5.80. The summed E-state index contributed by atoms with van der Waals surface area (Å²) >= 11 is 0. The molecule has 4 heteroatoms. The second-order valence-corrected chi connectivity index (χ2v) is 10.2. The van der Waals surface area contributed by atoms with Gasteiger partial charge in [0.25, 0.3) is 0 Å². The number of ether oxygens (including phenoxy) is 2. The molecule has 0 aliphatic heterocycles. The highest BCUT2D eigenvalue weighted by Crippen LogP contribution is 2.25. The minimum Gasteiger partial charge on any atom is -0.494 e. The van der Waals surface area contributed by atoms with Gasteiger partial charge in [0, 0.05) is 6.54 Å². The maximum Gasteiger partial charge on any atom is 0.147 e. The number of hydrogen-bond acceptors (Lipinski definition) is 3. The smallest absolute Gasteiger partial charge is 0.147 e. The van der Waals surface area contributed by atoms with Crippen LogP contribution in [-0.2, 0) is 18.6 Å². The first-order chi connectivity index (χ1) is 16.3. The molecule has 0 saturated heterocycles. The first-order valence-corrected chi connectivity index (χ1v) is 12.2. The number of fused-ring (bicyclic) bond motifs is 1. The zero-order chi connectivity index (χ0) is 24.1. The summed E-state index contributed by atoms with van der Waals surface area (Å²) in [5.41, 5.74) is 4.88. The van der Waals surface area contributed by atoms with Gasteiger partial charge in [-0.2, -0.15) is 0 Å². The number of nitrogens with zero attached hydrogens (tertiary/aromatic N) is 2. The zero-order valence-electron chi connectivity index (χ0n) is 21.0. The van der Waals surface area contributed by atoms with Crippen LogP contribution in [0.25, 0.3) is 11.0 Å². The van der Waals surface area contributed by atoms with E-state index in [4.69, 9.17) is 14.5 Å². The number of benzene rings is 3. The third-order valence-corrected chi connectivity index (χ3v) is 6.16. The topological polar surface area (TPSA) is 36.3 Å². The van der Waals surface area contributed by atoms with Crippen molar-refractivity contribution in [1.29, 1.82) is 0 Å². The Labute approximate surface area is 203 Å². The summed E-state index contributed by atoms with van der Waals surface area (Å²) in [7, 11) is 0. The van der Waals surface area contributed by atoms with Crippen LogP contribution in [0.2, 0.25) is 0 Å².